The number of halogens is 1. The molecular formula is C15H20ClNO2. The van der Waals surface area contributed by atoms with Crippen molar-refractivity contribution >= 4 is 11.6 Å². The highest BCUT2D eigenvalue weighted by atomic mass is 35.5. The van der Waals surface area contributed by atoms with E-state index in [1.807, 2.05) is 0 Å². The molecule has 1 fully saturated rings. The third kappa shape index (κ3) is 2.54. The molecule has 0 saturated carbocycles. The number of fused-ring (bicyclic) bond motifs is 1. The number of hydrogen-bond donors (Lipinski definition) is 1. The maximum absolute atomic E-state index is 6.39. The molecule has 0 aliphatic carbocycles. The third-order valence-electron chi connectivity index (χ3n) is 4.00. The van der Waals surface area contributed by atoms with E-state index in [9.17, 15) is 0 Å². The number of nitrogens with one attached hydrogen (secondary N) is 1. The van der Waals surface area contributed by atoms with Crippen molar-refractivity contribution in [3.63, 3.8) is 0 Å². The molecule has 2 aliphatic heterocycles. The number of rotatable bonds is 1. The van der Waals surface area contributed by atoms with Crippen molar-refractivity contribution in [3.05, 3.63) is 22.2 Å². The molecule has 1 saturated heterocycles. The van der Waals surface area contributed by atoms with E-state index < -0.39 is 0 Å². The Hall–Kier alpha value is -0.930. The average molecular weight is 282 g/mol. The van der Waals surface area contributed by atoms with Crippen LogP contribution in [0.2, 0.25) is 5.02 Å². The Balaban J connectivity index is 2.01. The maximum Gasteiger partial charge on any atom is 0.180 e. The quantitative estimate of drug-likeness (QED) is 0.857. The van der Waals surface area contributed by atoms with Crippen LogP contribution < -0.4 is 14.8 Å². The van der Waals surface area contributed by atoms with Crippen LogP contribution in [0, 0.1) is 6.92 Å². The van der Waals surface area contributed by atoms with Gasteiger partial charge in [0.25, 0.3) is 0 Å². The second-order valence-electron chi connectivity index (χ2n) is 5.32. The molecule has 0 amide bonds. The summed E-state index contributed by atoms with van der Waals surface area (Å²) in [4.78, 5) is 0. The Bertz CT molecular complexity index is 470. The Morgan fingerprint density at radius 2 is 2.00 bits per heavy atom. The van der Waals surface area contributed by atoms with E-state index in [0.717, 1.165) is 31.0 Å². The van der Waals surface area contributed by atoms with Gasteiger partial charge in [-0.3, -0.25) is 0 Å². The van der Waals surface area contributed by atoms with Gasteiger partial charge in [-0.1, -0.05) is 11.6 Å². The van der Waals surface area contributed by atoms with E-state index >= 15 is 0 Å². The summed E-state index contributed by atoms with van der Waals surface area (Å²) in [5, 5.41) is 4.14. The van der Waals surface area contributed by atoms with E-state index in [1.165, 1.54) is 24.0 Å². The molecule has 2 aliphatic rings. The largest absolute Gasteiger partial charge is 0.489 e. The number of hydrogen-bond acceptors (Lipinski definition) is 3. The molecule has 2 heterocycles. The molecule has 1 N–H and O–H groups in total. The summed E-state index contributed by atoms with van der Waals surface area (Å²) >= 11 is 6.39. The van der Waals surface area contributed by atoms with Gasteiger partial charge in [-0.25, -0.2) is 0 Å². The van der Waals surface area contributed by atoms with Crippen molar-refractivity contribution in [1.82, 2.24) is 5.32 Å². The molecule has 1 unspecified atom stereocenters. The van der Waals surface area contributed by atoms with Gasteiger partial charge in [0.2, 0.25) is 0 Å². The molecule has 0 radical (unpaired) electrons. The monoisotopic (exact) mass is 281 g/mol. The smallest absolute Gasteiger partial charge is 0.180 e. The third-order valence-corrected chi connectivity index (χ3v) is 4.28. The van der Waals surface area contributed by atoms with Gasteiger partial charge in [-0.15, -0.1) is 0 Å². The van der Waals surface area contributed by atoms with Gasteiger partial charge in [0.05, 0.1) is 18.2 Å². The Morgan fingerprint density at radius 3 is 2.74 bits per heavy atom. The van der Waals surface area contributed by atoms with Crippen LogP contribution in [-0.2, 0) is 0 Å². The highest BCUT2D eigenvalue weighted by molar-refractivity contribution is 6.32. The summed E-state index contributed by atoms with van der Waals surface area (Å²) in [5.41, 5.74) is 2.50. The summed E-state index contributed by atoms with van der Waals surface area (Å²) in [7, 11) is 0. The molecule has 3 nitrogen and oxygen atoms in total. The van der Waals surface area contributed by atoms with Crippen LogP contribution in [0.25, 0.3) is 0 Å². The summed E-state index contributed by atoms with van der Waals surface area (Å²) in [6, 6.07) is 2.07. The lowest BCUT2D eigenvalue weighted by atomic mass is 9.88. The van der Waals surface area contributed by atoms with E-state index in [-0.39, 0.29) is 0 Å². The van der Waals surface area contributed by atoms with Crippen LogP contribution in [0.5, 0.6) is 11.5 Å². The Labute approximate surface area is 119 Å². The molecule has 0 spiro atoms. The molecule has 1 aromatic rings. The number of piperidine rings is 1. The van der Waals surface area contributed by atoms with Crippen LogP contribution in [0.15, 0.2) is 6.07 Å². The fourth-order valence-corrected chi connectivity index (χ4v) is 3.24. The van der Waals surface area contributed by atoms with Crippen molar-refractivity contribution in [3.8, 4) is 11.5 Å². The zero-order valence-electron chi connectivity index (χ0n) is 11.3. The molecular weight excluding hydrogens is 262 g/mol. The highest BCUT2D eigenvalue weighted by Gasteiger charge is 2.24. The lowest BCUT2D eigenvalue weighted by Crippen LogP contribution is -2.28. The zero-order valence-corrected chi connectivity index (χ0v) is 12.1. The van der Waals surface area contributed by atoms with E-state index in [2.05, 4.69) is 18.3 Å². The van der Waals surface area contributed by atoms with E-state index in [4.69, 9.17) is 21.1 Å². The minimum absolute atomic E-state index is 0.531. The summed E-state index contributed by atoms with van der Waals surface area (Å²) < 4.78 is 11.6. The van der Waals surface area contributed by atoms with E-state index in [1.54, 1.807) is 0 Å². The second-order valence-corrected chi connectivity index (χ2v) is 5.73. The molecule has 3 rings (SSSR count). The van der Waals surface area contributed by atoms with Gasteiger partial charge in [0, 0.05) is 13.0 Å². The SMILES string of the molecule is Cc1c(C2CCCNC2)cc(Cl)c2c1OCCCO2. The average Bonchev–Trinajstić information content (AvgIpc) is 2.70. The Kier molecular flexibility index (Phi) is 3.85. The summed E-state index contributed by atoms with van der Waals surface area (Å²) in [6.07, 6.45) is 3.34. The summed E-state index contributed by atoms with van der Waals surface area (Å²) in [6.45, 7) is 5.64. The minimum Gasteiger partial charge on any atom is -0.489 e. The first-order valence-corrected chi connectivity index (χ1v) is 7.44. The fourth-order valence-electron chi connectivity index (χ4n) is 2.98. The van der Waals surface area contributed by atoms with Crippen molar-refractivity contribution < 1.29 is 9.47 Å². The lowest BCUT2D eigenvalue weighted by molar-refractivity contribution is 0.296. The first-order valence-electron chi connectivity index (χ1n) is 7.06. The van der Waals surface area contributed by atoms with Gasteiger partial charge in [-0.2, -0.15) is 0 Å². The van der Waals surface area contributed by atoms with E-state index in [0.29, 0.717) is 24.2 Å². The minimum atomic E-state index is 0.531. The summed E-state index contributed by atoms with van der Waals surface area (Å²) in [5.74, 6) is 2.11. The van der Waals surface area contributed by atoms with Gasteiger partial charge in [-0.05, 0) is 49.4 Å². The van der Waals surface area contributed by atoms with Crippen LogP contribution in [0.3, 0.4) is 0 Å². The van der Waals surface area contributed by atoms with Gasteiger partial charge < -0.3 is 14.8 Å². The second kappa shape index (κ2) is 5.59. The highest BCUT2D eigenvalue weighted by Crippen LogP contribution is 2.44. The zero-order chi connectivity index (χ0) is 13.2. The normalized spacial score (nSPS) is 22.9. The van der Waals surface area contributed by atoms with Crippen molar-refractivity contribution in [2.45, 2.75) is 32.1 Å². The first kappa shape index (κ1) is 13.1. The molecule has 104 valence electrons. The molecule has 0 aromatic heterocycles. The molecule has 19 heavy (non-hydrogen) atoms. The Morgan fingerprint density at radius 1 is 1.21 bits per heavy atom. The van der Waals surface area contributed by atoms with Crippen LogP contribution in [0.1, 0.15) is 36.3 Å². The number of benzene rings is 1. The van der Waals surface area contributed by atoms with Gasteiger partial charge in [0.15, 0.2) is 11.5 Å². The van der Waals surface area contributed by atoms with Crippen LogP contribution in [-0.4, -0.2) is 26.3 Å². The molecule has 1 atom stereocenters. The van der Waals surface area contributed by atoms with Gasteiger partial charge in [0.1, 0.15) is 0 Å². The predicted octanol–water partition coefficient (Wildman–Crippen LogP) is 3.28. The number of ether oxygens (including phenoxy) is 2. The van der Waals surface area contributed by atoms with Crippen molar-refractivity contribution in [1.29, 1.82) is 0 Å². The lowest BCUT2D eigenvalue weighted by Gasteiger charge is -2.26. The van der Waals surface area contributed by atoms with Crippen LogP contribution in [0.4, 0.5) is 0 Å². The predicted molar refractivity (Wildman–Crippen MR) is 76.6 cm³/mol. The van der Waals surface area contributed by atoms with Crippen molar-refractivity contribution in [2.24, 2.45) is 0 Å². The molecule has 0 bridgehead atoms. The van der Waals surface area contributed by atoms with Crippen molar-refractivity contribution in [2.75, 3.05) is 26.3 Å². The standard InChI is InChI=1S/C15H20ClNO2/c1-10-12(11-4-2-5-17-9-11)8-13(16)15-14(10)18-6-3-7-19-15/h8,11,17H,2-7,9H2,1H3. The van der Waals surface area contributed by atoms with Gasteiger partial charge >= 0.3 is 0 Å². The maximum atomic E-state index is 6.39. The molecule has 4 heteroatoms. The first-order chi connectivity index (χ1) is 9.27. The molecule has 1 aromatic carbocycles. The topological polar surface area (TPSA) is 30.5 Å². The van der Waals surface area contributed by atoms with Crippen LogP contribution >= 0.6 is 11.6 Å². The fraction of sp³-hybridized carbons (Fsp3) is 0.600.